The molecule has 1 N–H and O–H groups in total. The summed E-state index contributed by atoms with van der Waals surface area (Å²) in [5.74, 6) is 0.689. The number of aryl methyl sites for hydroxylation is 2. The van der Waals surface area contributed by atoms with Crippen molar-refractivity contribution in [1.29, 1.82) is 0 Å². The molecule has 3 rings (SSSR count). The van der Waals surface area contributed by atoms with Gasteiger partial charge in [0.15, 0.2) is 0 Å². The lowest BCUT2D eigenvalue weighted by atomic mass is 10.1. The van der Waals surface area contributed by atoms with Gasteiger partial charge >= 0.3 is 0 Å². The Morgan fingerprint density at radius 2 is 1.75 bits per heavy atom. The number of nitrogens with zero attached hydrogens (tertiary/aromatic N) is 2. The molecule has 0 bridgehead atoms. The van der Waals surface area contributed by atoms with Gasteiger partial charge in [-0.2, -0.15) is 5.10 Å². The minimum absolute atomic E-state index is 0.0936. The number of hydrogen-bond acceptors (Lipinski definition) is 4. The van der Waals surface area contributed by atoms with Gasteiger partial charge < -0.3 is 9.84 Å². The van der Waals surface area contributed by atoms with E-state index in [0.717, 1.165) is 16.6 Å². The molecule has 5 heteroatoms. The average molecular weight is 324 g/mol. The van der Waals surface area contributed by atoms with Crippen LogP contribution in [-0.4, -0.2) is 27.6 Å². The van der Waals surface area contributed by atoms with Gasteiger partial charge in [0, 0.05) is 5.39 Å². The van der Waals surface area contributed by atoms with Crippen LogP contribution < -0.4 is 10.3 Å². The molecule has 0 saturated heterocycles. The number of aliphatic hydroxyl groups excluding tert-OH is 1. The van der Waals surface area contributed by atoms with Crippen molar-refractivity contribution < 1.29 is 9.84 Å². The number of fused-ring (bicyclic) bond motifs is 1. The van der Waals surface area contributed by atoms with Crippen LogP contribution in [0.1, 0.15) is 11.3 Å². The quantitative estimate of drug-likeness (QED) is 0.783. The molecule has 0 radical (unpaired) electrons. The zero-order valence-electron chi connectivity index (χ0n) is 13.8. The molecule has 0 fully saturated rings. The van der Waals surface area contributed by atoms with Gasteiger partial charge in [0.1, 0.15) is 18.5 Å². The van der Waals surface area contributed by atoms with Gasteiger partial charge in [-0.05, 0) is 32.0 Å². The fourth-order valence-corrected chi connectivity index (χ4v) is 2.61. The van der Waals surface area contributed by atoms with Crippen LogP contribution in [0.25, 0.3) is 10.8 Å². The molecule has 3 aromatic rings. The molecule has 5 nitrogen and oxygen atoms in total. The standard InChI is InChI=1S/C19H20N2O3/c1-13-7-9-16(10-8-13)24-12-15(22)11-21-19(23)18-6-4-3-5-17(18)14(2)20-21/h3-10,15,22H,11-12H2,1-2H3. The van der Waals surface area contributed by atoms with Crippen molar-refractivity contribution in [3.63, 3.8) is 0 Å². The van der Waals surface area contributed by atoms with E-state index in [-0.39, 0.29) is 18.7 Å². The lowest BCUT2D eigenvalue weighted by molar-refractivity contribution is 0.0880. The topological polar surface area (TPSA) is 64.3 Å². The summed E-state index contributed by atoms with van der Waals surface area (Å²) < 4.78 is 6.87. The number of benzene rings is 2. The van der Waals surface area contributed by atoms with E-state index in [0.29, 0.717) is 11.1 Å². The molecule has 124 valence electrons. The third kappa shape index (κ3) is 3.46. The van der Waals surface area contributed by atoms with Crippen LogP contribution in [0.15, 0.2) is 53.3 Å². The third-order valence-electron chi connectivity index (χ3n) is 3.90. The molecule has 24 heavy (non-hydrogen) atoms. The molecule has 0 spiro atoms. The molecule has 0 amide bonds. The first-order valence-corrected chi connectivity index (χ1v) is 7.88. The number of rotatable bonds is 5. The maximum Gasteiger partial charge on any atom is 0.274 e. The number of aromatic nitrogens is 2. The maximum atomic E-state index is 12.5. The highest BCUT2D eigenvalue weighted by Gasteiger charge is 2.12. The van der Waals surface area contributed by atoms with Crippen molar-refractivity contribution in [1.82, 2.24) is 9.78 Å². The Morgan fingerprint density at radius 3 is 2.46 bits per heavy atom. The zero-order chi connectivity index (χ0) is 17.1. The van der Waals surface area contributed by atoms with E-state index in [4.69, 9.17) is 4.74 Å². The second-order valence-electron chi connectivity index (χ2n) is 5.90. The van der Waals surface area contributed by atoms with Crippen LogP contribution in [-0.2, 0) is 6.54 Å². The minimum Gasteiger partial charge on any atom is -0.491 e. The largest absolute Gasteiger partial charge is 0.491 e. The summed E-state index contributed by atoms with van der Waals surface area (Å²) in [6, 6.07) is 15.0. The number of ether oxygens (including phenoxy) is 1. The first kappa shape index (κ1) is 16.2. The Balaban J connectivity index is 1.73. The summed E-state index contributed by atoms with van der Waals surface area (Å²) in [7, 11) is 0. The van der Waals surface area contributed by atoms with Crippen LogP contribution in [0.3, 0.4) is 0 Å². The van der Waals surface area contributed by atoms with Crippen molar-refractivity contribution in [3.8, 4) is 5.75 Å². The minimum atomic E-state index is -0.822. The molecule has 2 aromatic carbocycles. The van der Waals surface area contributed by atoms with Crippen molar-refractivity contribution in [2.45, 2.75) is 26.5 Å². The number of aliphatic hydroxyl groups is 1. The van der Waals surface area contributed by atoms with Gasteiger partial charge in [-0.25, -0.2) is 4.68 Å². The van der Waals surface area contributed by atoms with Gasteiger partial charge in [-0.3, -0.25) is 4.79 Å². The lowest BCUT2D eigenvalue weighted by Crippen LogP contribution is -2.32. The maximum absolute atomic E-state index is 12.5. The smallest absolute Gasteiger partial charge is 0.274 e. The lowest BCUT2D eigenvalue weighted by Gasteiger charge is -2.14. The second kappa shape index (κ2) is 6.84. The van der Waals surface area contributed by atoms with Gasteiger partial charge in [0.05, 0.1) is 17.6 Å². The van der Waals surface area contributed by atoms with Gasteiger partial charge in [0.25, 0.3) is 5.56 Å². The van der Waals surface area contributed by atoms with Gasteiger partial charge in [-0.15, -0.1) is 0 Å². The van der Waals surface area contributed by atoms with E-state index in [9.17, 15) is 9.90 Å². The zero-order valence-corrected chi connectivity index (χ0v) is 13.8. The normalized spacial score (nSPS) is 12.3. The van der Waals surface area contributed by atoms with Gasteiger partial charge in [0.2, 0.25) is 0 Å². The molecule has 1 unspecified atom stereocenters. The van der Waals surface area contributed by atoms with Gasteiger partial charge in [-0.1, -0.05) is 35.9 Å². The highest BCUT2D eigenvalue weighted by molar-refractivity contribution is 5.83. The highest BCUT2D eigenvalue weighted by Crippen LogP contribution is 2.13. The highest BCUT2D eigenvalue weighted by atomic mass is 16.5. The Labute approximate surface area is 140 Å². The summed E-state index contributed by atoms with van der Waals surface area (Å²) >= 11 is 0. The molecule has 0 saturated carbocycles. The molecule has 1 aromatic heterocycles. The third-order valence-corrected chi connectivity index (χ3v) is 3.90. The predicted octanol–water partition coefficient (Wildman–Crippen LogP) is 2.45. The summed E-state index contributed by atoms with van der Waals surface area (Å²) in [5, 5.41) is 15.9. The van der Waals surface area contributed by atoms with E-state index in [1.807, 2.05) is 56.3 Å². The Hall–Kier alpha value is -2.66. The van der Waals surface area contributed by atoms with E-state index in [1.54, 1.807) is 6.07 Å². The molecular formula is C19H20N2O3. The SMILES string of the molecule is Cc1ccc(OCC(O)Cn2nc(C)c3ccccc3c2=O)cc1. The van der Waals surface area contributed by atoms with E-state index in [1.165, 1.54) is 4.68 Å². The first-order valence-electron chi connectivity index (χ1n) is 7.88. The molecule has 1 heterocycles. The van der Waals surface area contributed by atoms with Crippen molar-refractivity contribution >= 4 is 10.8 Å². The van der Waals surface area contributed by atoms with E-state index in [2.05, 4.69) is 5.10 Å². The molecule has 0 aliphatic rings. The van der Waals surface area contributed by atoms with Crippen molar-refractivity contribution in [2.24, 2.45) is 0 Å². The second-order valence-corrected chi connectivity index (χ2v) is 5.90. The fraction of sp³-hybridized carbons (Fsp3) is 0.263. The Kier molecular flexibility index (Phi) is 4.62. The molecule has 1 atom stereocenters. The number of hydrogen-bond donors (Lipinski definition) is 1. The Morgan fingerprint density at radius 1 is 1.08 bits per heavy atom. The van der Waals surface area contributed by atoms with E-state index >= 15 is 0 Å². The van der Waals surface area contributed by atoms with Crippen LogP contribution in [0, 0.1) is 13.8 Å². The summed E-state index contributed by atoms with van der Waals surface area (Å²) in [5.41, 5.74) is 1.70. The van der Waals surface area contributed by atoms with Crippen LogP contribution in [0.4, 0.5) is 0 Å². The summed E-state index contributed by atoms with van der Waals surface area (Å²) in [6.45, 7) is 4.05. The predicted molar refractivity (Wildman–Crippen MR) is 93.4 cm³/mol. The van der Waals surface area contributed by atoms with Crippen LogP contribution >= 0.6 is 0 Å². The van der Waals surface area contributed by atoms with Crippen LogP contribution in [0.2, 0.25) is 0 Å². The Bertz CT molecular complexity index is 901. The molecular weight excluding hydrogens is 304 g/mol. The molecule has 0 aliphatic carbocycles. The average Bonchev–Trinajstić information content (AvgIpc) is 2.59. The molecule has 0 aliphatic heterocycles. The summed E-state index contributed by atoms with van der Waals surface area (Å²) in [6.07, 6.45) is -0.822. The summed E-state index contributed by atoms with van der Waals surface area (Å²) in [4.78, 5) is 12.5. The van der Waals surface area contributed by atoms with Crippen molar-refractivity contribution in [3.05, 3.63) is 70.1 Å². The van der Waals surface area contributed by atoms with Crippen LogP contribution in [0.5, 0.6) is 5.75 Å². The fourth-order valence-electron chi connectivity index (χ4n) is 2.61. The monoisotopic (exact) mass is 324 g/mol. The van der Waals surface area contributed by atoms with Crippen molar-refractivity contribution in [2.75, 3.05) is 6.61 Å². The first-order chi connectivity index (χ1) is 11.5. The van der Waals surface area contributed by atoms with E-state index < -0.39 is 6.10 Å².